The van der Waals surface area contributed by atoms with E-state index in [1.54, 1.807) is 0 Å². The van der Waals surface area contributed by atoms with Crippen LogP contribution in [0.5, 0.6) is 0 Å². The minimum Gasteiger partial charge on any atom is -0.358 e. The van der Waals surface area contributed by atoms with Gasteiger partial charge in [0, 0.05) is 24.7 Å². The molecule has 1 aromatic carbocycles. The molecule has 15 nitrogen and oxygen atoms in total. The summed E-state index contributed by atoms with van der Waals surface area (Å²) in [6.07, 6.45) is 1.19. The van der Waals surface area contributed by atoms with Crippen LogP contribution in [0, 0.1) is 0 Å². The smallest absolute Gasteiger partial charge is 0.347 e. The van der Waals surface area contributed by atoms with Crippen molar-refractivity contribution >= 4 is 39.5 Å². The van der Waals surface area contributed by atoms with E-state index in [-0.39, 0.29) is 60.1 Å². The molecule has 4 atom stereocenters. The van der Waals surface area contributed by atoms with E-state index in [2.05, 4.69) is 20.9 Å². The van der Waals surface area contributed by atoms with Crippen molar-refractivity contribution in [3.05, 3.63) is 29.8 Å². The molecule has 1 unspecified atom stereocenters. The average molecular weight is 537 g/mol. The number of carbonyl (C=O) groups excluding carboxylic acids is 3. The average Bonchev–Trinajstić information content (AvgIpc) is 3.41. The lowest BCUT2D eigenvalue weighted by molar-refractivity contribution is -0.674. The molecule has 0 saturated carbocycles. The number of hydrogen-bond acceptors (Lipinski definition) is 11. The molecule has 4 aliphatic rings. The Morgan fingerprint density at radius 1 is 1.27 bits per heavy atom. The fraction of sp³-hybridized carbons (Fsp3) is 0.476. The second-order valence-corrected chi connectivity index (χ2v) is 11.6. The summed E-state index contributed by atoms with van der Waals surface area (Å²) in [4.78, 5) is 41.4. The number of amides is 3. The fourth-order valence-electron chi connectivity index (χ4n) is 5.53. The molecular weight excluding hydrogens is 508 g/mol. The van der Waals surface area contributed by atoms with Crippen LogP contribution in [0.4, 0.5) is 0 Å². The lowest BCUT2D eigenvalue weighted by atomic mass is 9.85. The van der Waals surface area contributed by atoms with Gasteiger partial charge in [0.05, 0.1) is 18.0 Å². The lowest BCUT2D eigenvalue weighted by Gasteiger charge is -2.41. The highest BCUT2D eigenvalue weighted by Crippen LogP contribution is 2.38. The molecule has 4 aliphatic heterocycles. The van der Waals surface area contributed by atoms with E-state index in [4.69, 9.17) is 11.5 Å². The number of benzene rings is 1. The minimum atomic E-state index is -3.58. The van der Waals surface area contributed by atoms with Gasteiger partial charge in [-0.3, -0.25) is 41.1 Å². The topological polar surface area (TPSA) is 234 Å². The first kappa shape index (κ1) is 24.9. The second kappa shape index (κ2) is 8.12. The van der Waals surface area contributed by atoms with Gasteiger partial charge in [-0.2, -0.15) is 0 Å². The lowest BCUT2D eigenvalue weighted by Crippen LogP contribution is -2.92. The molecule has 2 fully saturated rings. The first-order chi connectivity index (χ1) is 17.3. The Labute approximate surface area is 211 Å². The van der Waals surface area contributed by atoms with Crippen molar-refractivity contribution in [2.75, 3.05) is 19.3 Å². The number of hydrogen-bond donors (Lipinski definition) is 8. The van der Waals surface area contributed by atoms with E-state index in [0.29, 0.717) is 0 Å². The van der Waals surface area contributed by atoms with E-state index >= 15 is 0 Å². The van der Waals surface area contributed by atoms with Gasteiger partial charge in [-0.05, 0) is 18.2 Å². The highest BCUT2D eigenvalue weighted by molar-refractivity contribution is 7.90. The van der Waals surface area contributed by atoms with Crippen molar-refractivity contribution < 1.29 is 42.6 Å². The van der Waals surface area contributed by atoms with Crippen molar-refractivity contribution in [1.29, 1.82) is 0 Å². The number of rotatable bonds is 5. The van der Waals surface area contributed by atoms with E-state index in [9.17, 15) is 33.0 Å². The second-order valence-electron chi connectivity index (χ2n) is 9.62. The Morgan fingerprint density at radius 3 is 2.59 bits per heavy atom. The van der Waals surface area contributed by atoms with Gasteiger partial charge in [-0.1, -0.05) is 6.07 Å². The molecule has 0 aromatic heterocycles. The number of nitrogens with two attached hydrogens (primary N) is 2. The third-order valence-electron chi connectivity index (χ3n) is 7.31. The Balaban J connectivity index is 1.46. The Bertz CT molecular complexity index is 1370. The molecule has 16 heteroatoms. The number of guanidine groups is 2. The van der Waals surface area contributed by atoms with Gasteiger partial charge in [0.1, 0.15) is 12.1 Å². The Morgan fingerprint density at radius 2 is 1.95 bits per heavy atom. The maximum absolute atomic E-state index is 13.0. The van der Waals surface area contributed by atoms with Gasteiger partial charge in [-0.25, -0.2) is 18.3 Å². The molecule has 37 heavy (non-hydrogen) atoms. The maximum Gasteiger partial charge on any atom is 0.347 e. The quantitative estimate of drug-likeness (QED) is 0.100. The minimum absolute atomic E-state index is 0.000223. The molecule has 5 rings (SSSR count). The van der Waals surface area contributed by atoms with Crippen LogP contribution in [0.2, 0.25) is 0 Å². The van der Waals surface area contributed by atoms with Crippen LogP contribution in [0.1, 0.15) is 23.2 Å². The standard InChI is InChI=1S/C21H26N8O7S/c1-37(35,36)11-4-2-3-10(7-11)17(32)25-13-9-29-19(23)24-12(8-28-14(30)5-6-15(28)31)16-20(29,21(13,33)34)27-18(22)26-16/h2-4,7,12-13,16,33-34H,5-6,8-9H2,1H3,(H6,22,23,24,25,26,27,32)/p+2/t12-,13?,16-,20-/m0/s1. The molecule has 0 bridgehead atoms. The highest BCUT2D eigenvalue weighted by Gasteiger charge is 2.78. The van der Waals surface area contributed by atoms with Crippen LogP contribution in [0.3, 0.4) is 0 Å². The summed E-state index contributed by atoms with van der Waals surface area (Å²) in [7, 11) is -3.58. The third kappa shape index (κ3) is 3.70. The summed E-state index contributed by atoms with van der Waals surface area (Å²) < 4.78 is 25.2. The van der Waals surface area contributed by atoms with Crippen LogP contribution in [0.15, 0.2) is 29.2 Å². The third-order valence-corrected chi connectivity index (χ3v) is 8.42. The first-order valence-electron chi connectivity index (χ1n) is 11.5. The summed E-state index contributed by atoms with van der Waals surface area (Å²) in [5, 5.41) is 31.4. The van der Waals surface area contributed by atoms with Gasteiger partial charge >= 0.3 is 11.9 Å². The molecule has 0 aliphatic carbocycles. The molecule has 4 heterocycles. The molecular formula is C21H28N8O7S+2. The zero-order chi connectivity index (χ0) is 26.9. The van der Waals surface area contributed by atoms with Gasteiger partial charge in [0.25, 0.3) is 17.4 Å². The number of sulfone groups is 1. The number of carbonyl (C=O) groups is 3. The van der Waals surface area contributed by atoms with Crippen molar-refractivity contribution in [2.45, 2.75) is 47.3 Å². The summed E-state index contributed by atoms with van der Waals surface area (Å²) in [5.41, 5.74) is 10.5. The van der Waals surface area contributed by atoms with E-state index in [1.807, 2.05) is 0 Å². The van der Waals surface area contributed by atoms with Crippen LogP contribution in [-0.2, 0) is 19.4 Å². The van der Waals surface area contributed by atoms with E-state index < -0.39 is 45.3 Å². The van der Waals surface area contributed by atoms with Gasteiger partial charge in [0.2, 0.25) is 11.8 Å². The summed E-state index contributed by atoms with van der Waals surface area (Å²) in [5.74, 6) is -4.12. The summed E-state index contributed by atoms with van der Waals surface area (Å²) in [6, 6.07) is 2.34. The molecule has 0 radical (unpaired) electrons. The number of nitrogens with one attached hydrogen (secondary N) is 4. The Hall–Kier alpha value is -3.76. The molecule has 1 aromatic rings. The van der Waals surface area contributed by atoms with Gasteiger partial charge < -0.3 is 15.5 Å². The number of aliphatic hydroxyl groups is 2. The predicted octanol–water partition coefficient (Wildman–Crippen LogP) is -6.61. The molecule has 1 spiro atoms. The largest absolute Gasteiger partial charge is 0.358 e. The summed E-state index contributed by atoms with van der Waals surface area (Å²) in [6.45, 7) is -0.276. The van der Waals surface area contributed by atoms with Crippen molar-refractivity contribution in [1.82, 2.24) is 20.9 Å². The predicted molar refractivity (Wildman–Crippen MR) is 125 cm³/mol. The van der Waals surface area contributed by atoms with Crippen LogP contribution >= 0.6 is 0 Å². The van der Waals surface area contributed by atoms with Crippen LogP contribution in [-0.4, -0.2) is 107 Å². The van der Waals surface area contributed by atoms with Gasteiger partial charge in [-0.15, -0.1) is 0 Å². The summed E-state index contributed by atoms with van der Waals surface area (Å²) >= 11 is 0. The molecule has 2 saturated heterocycles. The van der Waals surface area contributed by atoms with E-state index in [0.717, 1.165) is 11.2 Å². The Kier molecular flexibility index (Phi) is 5.47. The number of nitrogens with zero attached hydrogens (tertiary/aromatic N) is 2. The van der Waals surface area contributed by atoms with Gasteiger partial charge in [0.15, 0.2) is 15.9 Å². The van der Waals surface area contributed by atoms with Crippen molar-refractivity contribution in [3.63, 3.8) is 0 Å². The molecule has 3 amide bonds. The fourth-order valence-corrected chi connectivity index (χ4v) is 6.19. The van der Waals surface area contributed by atoms with Crippen molar-refractivity contribution in [2.24, 2.45) is 11.5 Å². The monoisotopic (exact) mass is 536 g/mol. The van der Waals surface area contributed by atoms with Crippen molar-refractivity contribution in [3.8, 4) is 0 Å². The van der Waals surface area contributed by atoms with Crippen LogP contribution in [0.25, 0.3) is 0 Å². The zero-order valence-electron chi connectivity index (χ0n) is 19.8. The molecule has 10 N–H and O–H groups in total. The van der Waals surface area contributed by atoms with Crippen LogP contribution < -0.4 is 32.4 Å². The zero-order valence-corrected chi connectivity index (χ0v) is 20.6. The highest BCUT2D eigenvalue weighted by atomic mass is 32.2. The SMILES string of the molecule is CS(=O)(=O)c1cccc(C(=O)NC2C[N+]3=C(N)N[C@@H](CN4C(=O)CCC4=O)[C@@H]4[NH+]=C(N)N[C@@]43C2(O)O)c1. The number of imide groups is 1. The maximum atomic E-state index is 13.0. The molecule has 198 valence electrons. The first-order valence-corrected chi connectivity index (χ1v) is 13.4. The van der Waals surface area contributed by atoms with E-state index in [1.165, 1.54) is 28.8 Å². The number of likely N-dealkylation sites (tertiary alicyclic amines) is 1. The normalized spacial score (nSPS) is 30.4.